The van der Waals surface area contributed by atoms with Gasteiger partial charge in [-0.25, -0.2) is 19.3 Å². The van der Waals surface area contributed by atoms with Crippen molar-refractivity contribution in [1.29, 1.82) is 0 Å². The molecule has 3 aromatic rings. The van der Waals surface area contributed by atoms with Crippen LogP contribution in [0.25, 0.3) is 16.7 Å². The summed E-state index contributed by atoms with van der Waals surface area (Å²) < 4.78 is 15.1. The average molecular weight is 228 g/mol. The molecular formula is C12H9FN4. The monoisotopic (exact) mass is 228 g/mol. The highest BCUT2D eigenvalue weighted by atomic mass is 19.1. The molecule has 5 heteroatoms. The zero-order valence-corrected chi connectivity index (χ0v) is 9.13. The molecule has 0 atom stereocenters. The van der Waals surface area contributed by atoms with Crippen LogP contribution in [0.1, 0.15) is 5.82 Å². The molecule has 0 unspecified atom stereocenters. The van der Waals surface area contributed by atoms with Crippen molar-refractivity contribution in [2.75, 3.05) is 0 Å². The summed E-state index contributed by atoms with van der Waals surface area (Å²) in [6.45, 7) is 1.87. The van der Waals surface area contributed by atoms with E-state index in [1.807, 2.05) is 11.5 Å². The smallest absolute Gasteiger partial charge is 0.149 e. The molecule has 0 saturated carbocycles. The number of nitrogens with zero attached hydrogens (tertiary/aromatic N) is 4. The van der Waals surface area contributed by atoms with Crippen molar-refractivity contribution < 1.29 is 4.39 Å². The fourth-order valence-electron chi connectivity index (χ4n) is 1.81. The molecule has 0 spiro atoms. The Bertz CT molecular complexity index is 690. The van der Waals surface area contributed by atoms with Crippen molar-refractivity contribution >= 4 is 10.9 Å². The molecule has 4 nitrogen and oxygen atoms in total. The molecule has 0 aliphatic carbocycles. The maximum Gasteiger partial charge on any atom is 0.149 e. The quantitative estimate of drug-likeness (QED) is 0.641. The molecule has 0 N–H and O–H groups in total. The van der Waals surface area contributed by atoms with Gasteiger partial charge >= 0.3 is 0 Å². The number of imidazole rings is 1. The molecule has 3 rings (SSSR count). The number of aromatic nitrogens is 4. The number of aryl methyl sites for hydroxylation is 1. The minimum atomic E-state index is -0.300. The first-order valence-corrected chi connectivity index (χ1v) is 5.16. The predicted molar refractivity (Wildman–Crippen MR) is 61.4 cm³/mol. The SMILES string of the molecule is Cc1nccn1-c1ncnc2ccc(F)cc12. The third-order valence-electron chi connectivity index (χ3n) is 2.63. The summed E-state index contributed by atoms with van der Waals surface area (Å²) >= 11 is 0. The van der Waals surface area contributed by atoms with Crippen molar-refractivity contribution in [2.45, 2.75) is 6.92 Å². The van der Waals surface area contributed by atoms with Crippen LogP contribution in [-0.2, 0) is 0 Å². The average Bonchev–Trinajstić information content (AvgIpc) is 2.74. The van der Waals surface area contributed by atoms with Gasteiger partial charge in [-0.1, -0.05) is 0 Å². The summed E-state index contributed by atoms with van der Waals surface area (Å²) in [7, 11) is 0. The molecule has 84 valence electrons. The number of hydrogen-bond acceptors (Lipinski definition) is 3. The highest BCUT2D eigenvalue weighted by molar-refractivity contribution is 5.85. The Morgan fingerprint density at radius 3 is 2.82 bits per heavy atom. The Kier molecular flexibility index (Phi) is 2.11. The van der Waals surface area contributed by atoms with Gasteiger partial charge in [-0.2, -0.15) is 0 Å². The van der Waals surface area contributed by atoms with E-state index in [1.165, 1.54) is 18.5 Å². The molecule has 0 radical (unpaired) electrons. The number of halogens is 1. The second kappa shape index (κ2) is 3.62. The molecular weight excluding hydrogens is 219 g/mol. The van der Waals surface area contributed by atoms with E-state index in [-0.39, 0.29) is 5.82 Å². The third-order valence-corrected chi connectivity index (χ3v) is 2.63. The summed E-state index contributed by atoms with van der Waals surface area (Å²) in [5, 5.41) is 0.675. The fraction of sp³-hybridized carbons (Fsp3) is 0.0833. The molecule has 0 saturated heterocycles. The maximum absolute atomic E-state index is 13.3. The Balaban J connectivity index is 2.37. The highest BCUT2D eigenvalue weighted by Crippen LogP contribution is 2.20. The third kappa shape index (κ3) is 1.56. The molecule has 0 amide bonds. The summed E-state index contributed by atoms with van der Waals surface area (Å²) in [6, 6.07) is 4.46. The number of hydrogen-bond donors (Lipinski definition) is 0. The Hall–Kier alpha value is -2.30. The van der Waals surface area contributed by atoms with Crippen molar-refractivity contribution in [3.63, 3.8) is 0 Å². The van der Waals surface area contributed by atoms with Crippen molar-refractivity contribution in [2.24, 2.45) is 0 Å². The van der Waals surface area contributed by atoms with Crippen LogP contribution in [0, 0.1) is 12.7 Å². The van der Waals surface area contributed by atoms with Crippen LogP contribution in [0.2, 0.25) is 0 Å². The lowest BCUT2D eigenvalue weighted by atomic mass is 10.2. The zero-order chi connectivity index (χ0) is 11.8. The molecule has 2 aromatic heterocycles. The van der Waals surface area contributed by atoms with Crippen molar-refractivity contribution in [3.8, 4) is 5.82 Å². The van der Waals surface area contributed by atoms with Gasteiger partial charge in [-0.3, -0.25) is 4.57 Å². The first-order valence-electron chi connectivity index (χ1n) is 5.16. The van der Waals surface area contributed by atoms with E-state index >= 15 is 0 Å². The van der Waals surface area contributed by atoms with Gasteiger partial charge in [0, 0.05) is 17.8 Å². The summed E-state index contributed by atoms with van der Waals surface area (Å²) in [6.07, 6.45) is 4.94. The largest absolute Gasteiger partial charge is 0.288 e. The van der Waals surface area contributed by atoms with E-state index < -0.39 is 0 Å². The number of rotatable bonds is 1. The zero-order valence-electron chi connectivity index (χ0n) is 9.13. The van der Waals surface area contributed by atoms with Gasteiger partial charge in [-0.05, 0) is 25.1 Å². The standard InChI is InChI=1S/C12H9FN4/c1-8-14-4-5-17(8)12-10-6-9(13)2-3-11(10)15-7-16-12/h2-7H,1H3. The normalized spacial score (nSPS) is 10.9. The minimum absolute atomic E-state index is 0.300. The molecule has 0 bridgehead atoms. The molecule has 0 aliphatic heterocycles. The maximum atomic E-state index is 13.3. The first-order chi connectivity index (χ1) is 8.25. The van der Waals surface area contributed by atoms with Gasteiger partial charge in [0.1, 0.15) is 23.8 Å². The van der Waals surface area contributed by atoms with Gasteiger partial charge in [0.2, 0.25) is 0 Å². The van der Waals surface area contributed by atoms with Crippen LogP contribution in [0.4, 0.5) is 4.39 Å². The summed E-state index contributed by atoms with van der Waals surface area (Å²) in [5.74, 6) is 1.14. The second-order valence-corrected chi connectivity index (χ2v) is 3.70. The number of benzene rings is 1. The van der Waals surface area contributed by atoms with Gasteiger partial charge in [-0.15, -0.1) is 0 Å². The highest BCUT2D eigenvalue weighted by Gasteiger charge is 2.08. The van der Waals surface area contributed by atoms with Crippen molar-refractivity contribution in [1.82, 2.24) is 19.5 Å². The Morgan fingerprint density at radius 1 is 1.18 bits per heavy atom. The van der Waals surface area contributed by atoms with Crippen LogP contribution in [0.15, 0.2) is 36.9 Å². The lowest BCUT2D eigenvalue weighted by Crippen LogP contribution is -2.00. The van der Waals surface area contributed by atoms with E-state index in [0.717, 1.165) is 5.82 Å². The van der Waals surface area contributed by atoms with Crippen molar-refractivity contribution in [3.05, 3.63) is 48.6 Å². The molecule has 1 aromatic carbocycles. The topological polar surface area (TPSA) is 43.6 Å². The van der Waals surface area contributed by atoms with E-state index in [9.17, 15) is 4.39 Å². The molecule has 17 heavy (non-hydrogen) atoms. The molecule has 0 aliphatic rings. The van der Waals surface area contributed by atoms with Crippen LogP contribution >= 0.6 is 0 Å². The van der Waals surface area contributed by atoms with Gasteiger partial charge in [0.15, 0.2) is 0 Å². The van der Waals surface area contributed by atoms with E-state index in [0.29, 0.717) is 16.7 Å². The van der Waals surface area contributed by atoms with Crippen LogP contribution in [0.5, 0.6) is 0 Å². The number of fused-ring (bicyclic) bond motifs is 1. The van der Waals surface area contributed by atoms with E-state index in [2.05, 4.69) is 15.0 Å². The van der Waals surface area contributed by atoms with E-state index in [4.69, 9.17) is 0 Å². The summed E-state index contributed by atoms with van der Waals surface area (Å²) in [4.78, 5) is 12.4. The van der Waals surface area contributed by atoms with Crippen LogP contribution in [0.3, 0.4) is 0 Å². The Labute approximate surface area is 96.8 Å². The van der Waals surface area contributed by atoms with Gasteiger partial charge in [0.05, 0.1) is 5.52 Å². The van der Waals surface area contributed by atoms with Crippen LogP contribution in [-0.4, -0.2) is 19.5 Å². The first kappa shape index (κ1) is 9.89. The van der Waals surface area contributed by atoms with Gasteiger partial charge < -0.3 is 0 Å². The van der Waals surface area contributed by atoms with Gasteiger partial charge in [0.25, 0.3) is 0 Å². The van der Waals surface area contributed by atoms with E-state index in [1.54, 1.807) is 18.5 Å². The van der Waals surface area contributed by atoms with Crippen LogP contribution < -0.4 is 0 Å². The molecule has 0 fully saturated rings. The molecule has 2 heterocycles. The Morgan fingerprint density at radius 2 is 2.06 bits per heavy atom. The lowest BCUT2D eigenvalue weighted by molar-refractivity contribution is 0.629. The summed E-state index contributed by atoms with van der Waals surface area (Å²) in [5.41, 5.74) is 0.713. The minimum Gasteiger partial charge on any atom is -0.288 e. The second-order valence-electron chi connectivity index (χ2n) is 3.70. The fourth-order valence-corrected chi connectivity index (χ4v) is 1.81. The lowest BCUT2D eigenvalue weighted by Gasteiger charge is -2.07. The predicted octanol–water partition coefficient (Wildman–Crippen LogP) is 2.26.